The molecule has 3 rings (SSSR count). The number of ether oxygens (including phenoxy) is 2. The van der Waals surface area contributed by atoms with Crippen LogP contribution in [0.3, 0.4) is 0 Å². The van der Waals surface area contributed by atoms with Gasteiger partial charge in [0.05, 0.1) is 22.5 Å². The normalized spacial score (nSPS) is 28.9. The first-order valence-electron chi connectivity index (χ1n) is 7.84. The van der Waals surface area contributed by atoms with Crippen molar-refractivity contribution in [3.05, 3.63) is 27.8 Å². The summed E-state index contributed by atoms with van der Waals surface area (Å²) in [4.78, 5) is 14.5. The van der Waals surface area contributed by atoms with Crippen LogP contribution in [0.15, 0.2) is 22.8 Å². The van der Waals surface area contributed by atoms with Gasteiger partial charge in [0.25, 0.3) is 0 Å². The van der Waals surface area contributed by atoms with E-state index in [1.807, 2.05) is 0 Å². The smallest absolute Gasteiger partial charge is 0.223 e. The lowest BCUT2D eigenvalue weighted by atomic mass is 9.97. The van der Waals surface area contributed by atoms with Crippen LogP contribution in [0.2, 0.25) is 5.02 Å². The van der Waals surface area contributed by atoms with Crippen LogP contribution >= 0.6 is 27.5 Å². The maximum Gasteiger partial charge on any atom is 0.223 e. The van der Waals surface area contributed by atoms with E-state index in [0.29, 0.717) is 20.6 Å². The third-order valence-corrected chi connectivity index (χ3v) is 5.48. The van der Waals surface area contributed by atoms with E-state index in [4.69, 9.17) is 21.1 Å². The summed E-state index contributed by atoms with van der Waals surface area (Å²) in [5, 5.41) is 33.3. The first kappa shape index (κ1) is 19.4. The molecular weight excluding hydrogens is 432 g/mol. The number of halogens is 2. The average Bonchev–Trinajstić information content (AvgIpc) is 3.01. The van der Waals surface area contributed by atoms with Crippen molar-refractivity contribution in [1.82, 2.24) is 10.3 Å². The fourth-order valence-corrected chi connectivity index (χ4v) is 3.50. The summed E-state index contributed by atoms with van der Waals surface area (Å²) in [6.07, 6.45) is -3.40. The summed E-state index contributed by atoms with van der Waals surface area (Å²) in [6.45, 7) is 0.749. The molecule has 0 unspecified atom stereocenters. The molecule has 5 atom stereocenters. The van der Waals surface area contributed by atoms with Gasteiger partial charge in [-0.25, -0.2) is 0 Å². The first-order valence-corrected chi connectivity index (χ1v) is 9.02. The Labute approximate surface area is 162 Å². The Morgan fingerprint density at radius 3 is 2.81 bits per heavy atom. The zero-order valence-corrected chi connectivity index (χ0v) is 16.0. The van der Waals surface area contributed by atoms with E-state index in [2.05, 4.69) is 26.2 Å². The lowest BCUT2D eigenvalue weighted by molar-refractivity contribution is -0.244. The predicted octanol–water partition coefficient (Wildman–Crippen LogP) is 0.906. The molecule has 0 aliphatic carbocycles. The van der Waals surface area contributed by atoms with Crippen molar-refractivity contribution in [2.24, 2.45) is 0 Å². The third kappa shape index (κ3) is 3.55. The fraction of sp³-hybridized carbons (Fsp3) is 0.438. The van der Waals surface area contributed by atoms with E-state index in [1.165, 1.54) is 6.92 Å². The minimum absolute atomic E-state index is 0.340. The van der Waals surface area contributed by atoms with Gasteiger partial charge < -0.3 is 35.1 Å². The second-order valence-corrected chi connectivity index (χ2v) is 7.22. The highest BCUT2D eigenvalue weighted by Crippen LogP contribution is 2.38. The monoisotopic (exact) mass is 448 g/mol. The summed E-state index contributed by atoms with van der Waals surface area (Å²) < 4.78 is 12.1. The number of fused-ring (bicyclic) bond motifs is 1. The van der Waals surface area contributed by atoms with E-state index in [0.717, 1.165) is 5.52 Å². The predicted molar refractivity (Wildman–Crippen MR) is 97.0 cm³/mol. The average molecular weight is 450 g/mol. The molecule has 2 heterocycles. The van der Waals surface area contributed by atoms with Crippen LogP contribution in [-0.2, 0) is 9.53 Å². The Balaban J connectivity index is 1.95. The number of carbonyl (C=O) groups is 1. The fourth-order valence-electron chi connectivity index (χ4n) is 2.92. The molecule has 1 saturated heterocycles. The van der Waals surface area contributed by atoms with Crippen LogP contribution in [0.1, 0.15) is 6.92 Å². The number of aromatic nitrogens is 1. The summed E-state index contributed by atoms with van der Waals surface area (Å²) in [7, 11) is 0. The standard InChI is InChI=1S/C16H18BrClN2O6/c1-6(22)20-13-15(24)14(23)10(5-21)26-16(13)25-9-4-19-8-3-2-7(17)12(18)11(8)9/h2-4,10,13-16,19,21,23-24H,5H2,1H3,(H,20,22)/t10-,13-,14+,15-,16-/m1/s1. The van der Waals surface area contributed by atoms with Crippen LogP contribution in [0.5, 0.6) is 5.75 Å². The molecule has 2 aromatic rings. The van der Waals surface area contributed by atoms with Gasteiger partial charge in [-0.15, -0.1) is 0 Å². The van der Waals surface area contributed by atoms with E-state index >= 15 is 0 Å². The van der Waals surface area contributed by atoms with Crippen molar-refractivity contribution in [3.8, 4) is 5.75 Å². The molecule has 0 saturated carbocycles. The molecule has 1 aliphatic rings. The minimum atomic E-state index is -1.39. The van der Waals surface area contributed by atoms with Crippen LogP contribution in [0, 0.1) is 0 Å². The lowest BCUT2D eigenvalue weighted by Crippen LogP contribution is -2.65. The van der Waals surface area contributed by atoms with Gasteiger partial charge in [-0.1, -0.05) is 11.6 Å². The summed E-state index contributed by atoms with van der Waals surface area (Å²) in [5.74, 6) is -0.0902. The summed E-state index contributed by atoms with van der Waals surface area (Å²) in [5.41, 5.74) is 0.722. The van der Waals surface area contributed by atoms with Crippen molar-refractivity contribution in [3.63, 3.8) is 0 Å². The number of benzene rings is 1. The van der Waals surface area contributed by atoms with E-state index in [-0.39, 0.29) is 0 Å². The van der Waals surface area contributed by atoms with Gasteiger partial charge in [0.1, 0.15) is 30.1 Å². The number of aliphatic hydroxyl groups excluding tert-OH is 3. The molecule has 1 aromatic carbocycles. The van der Waals surface area contributed by atoms with Gasteiger partial charge in [-0.3, -0.25) is 4.79 Å². The minimum Gasteiger partial charge on any atom is -0.460 e. The van der Waals surface area contributed by atoms with Crippen molar-refractivity contribution in [1.29, 1.82) is 0 Å². The number of carbonyl (C=O) groups excluding carboxylic acids is 1. The molecule has 0 radical (unpaired) electrons. The molecule has 1 aliphatic heterocycles. The van der Waals surface area contributed by atoms with E-state index in [9.17, 15) is 20.1 Å². The van der Waals surface area contributed by atoms with Crippen LogP contribution in [-0.4, -0.2) is 63.5 Å². The highest BCUT2D eigenvalue weighted by atomic mass is 79.9. The number of H-pyrrole nitrogens is 1. The molecular formula is C16H18BrClN2O6. The molecule has 1 fully saturated rings. The molecule has 142 valence electrons. The van der Waals surface area contributed by atoms with Gasteiger partial charge in [-0.05, 0) is 28.1 Å². The number of aliphatic hydroxyl groups is 3. The maximum absolute atomic E-state index is 11.5. The zero-order chi connectivity index (χ0) is 19.0. The Hall–Kier alpha value is -1.36. The maximum atomic E-state index is 11.5. The highest BCUT2D eigenvalue weighted by molar-refractivity contribution is 9.10. The molecule has 0 bridgehead atoms. The lowest BCUT2D eigenvalue weighted by Gasteiger charge is -2.41. The van der Waals surface area contributed by atoms with Gasteiger partial charge in [0.2, 0.25) is 12.2 Å². The first-order chi connectivity index (χ1) is 12.3. The van der Waals surface area contributed by atoms with Gasteiger partial charge in [0, 0.05) is 17.6 Å². The Morgan fingerprint density at radius 2 is 2.15 bits per heavy atom. The van der Waals surface area contributed by atoms with Crippen LogP contribution in [0.4, 0.5) is 0 Å². The van der Waals surface area contributed by atoms with Crippen molar-refractivity contribution in [2.75, 3.05) is 6.61 Å². The van der Waals surface area contributed by atoms with Crippen molar-refractivity contribution >= 4 is 44.3 Å². The van der Waals surface area contributed by atoms with E-state index in [1.54, 1.807) is 18.3 Å². The molecule has 5 N–H and O–H groups in total. The molecule has 1 amide bonds. The number of hydrogen-bond donors (Lipinski definition) is 5. The number of amides is 1. The summed E-state index contributed by atoms with van der Waals surface area (Å²) in [6, 6.07) is 2.55. The molecule has 26 heavy (non-hydrogen) atoms. The Bertz CT molecular complexity index is 815. The zero-order valence-electron chi connectivity index (χ0n) is 13.6. The second kappa shape index (κ2) is 7.71. The molecule has 0 spiro atoms. The van der Waals surface area contributed by atoms with Crippen molar-refractivity contribution in [2.45, 2.75) is 37.6 Å². The number of aromatic amines is 1. The molecule has 10 heteroatoms. The number of nitrogens with one attached hydrogen (secondary N) is 2. The largest absolute Gasteiger partial charge is 0.460 e. The van der Waals surface area contributed by atoms with Crippen molar-refractivity contribution < 1.29 is 29.6 Å². The van der Waals surface area contributed by atoms with Crippen LogP contribution < -0.4 is 10.1 Å². The van der Waals surface area contributed by atoms with E-state index < -0.39 is 43.2 Å². The Kier molecular flexibility index (Phi) is 5.75. The second-order valence-electron chi connectivity index (χ2n) is 5.99. The number of hydrogen-bond acceptors (Lipinski definition) is 6. The quantitative estimate of drug-likeness (QED) is 0.473. The topological polar surface area (TPSA) is 124 Å². The molecule has 1 aromatic heterocycles. The van der Waals surface area contributed by atoms with Crippen LogP contribution in [0.25, 0.3) is 10.9 Å². The molecule has 8 nitrogen and oxygen atoms in total. The van der Waals surface area contributed by atoms with Gasteiger partial charge in [0.15, 0.2) is 0 Å². The highest BCUT2D eigenvalue weighted by Gasteiger charge is 2.46. The third-order valence-electron chi connectivity index (χ3n) is 4.19. The van der Waals surface area contributed by atoms with Gasteiger partial charge >= 0.3 is 0 Å². The SMILES string of the molecule is CC(=O)N[C@H]1[C@H](Oc2c[nH]c3ccc(Br)c(Cl)c23)O[C@H](CO)[C@H](O)[C@@H]1O. The summed E-state index contributed by atoms with van der Waals surface area (Å²) >= 11 is 9.68. The Morgan fingerprint density at radius 1 is 1.42 bits per heavy atom. The van der Waals surface area contributed by atoms with Gasteiger partial charge in [-0.2, -0.15) is 0 Å². The number of rotatable bonds is 4.